The van der Waals surface area contributed by atoms with Crippen LogP contribution in [0.25, 0.3) is 0 Å². The van der Waals surface area contributed by atoms with Gasteiger partial charge in [0, 0.05) is 31.4 Å². The smallest absolute Gasteiger partial charge is 0.0459 e. The maximum atomic E-state index is 5.71. The summed E-state index contributed by atoms with van der Waals surface area (Å²) in [5, 5.41) is 0. The molecule has 98 valence electrons. The van der Waals surface area contributed by atoms with Gasteiger partial charge in [-0.3, -0.25) is 0 Å². The molecule has 20 heavy (non-hydrogen) atoms. The maximum absolute atomic E-state index is 5.71. The molecule has 0 amide bonds. The summed E-state index contributed by atoms with van der Waals surface area (Å²) >= 11 is 6.72. The van der Waals surface area contributed by atoms with Gasteiger partial charge < -0.3 is 11.5 Å². The number of nitrogens with two attached hydrogens (primary N) is 2. The van der Waals surface area contributed by atoms with Crippen molar-refractivity contribution in [3.8, 4) is 23.7 Å². The van der Waals surface area contributed by atoms with Crippen LogP contribution in [0.1, 0.15) is 11.1 Å². The van der Waals surface area contributed by atoms with Gasteiger partial charge in [-0.05, 0) is 80.1 Å². The predicted octanol–water partition coefficient (Wildman–Crippen LogP) is 3.78. The Hall–Kier alpha value is -1.88. The van der Waals surface area contributed by atoms with Crippen molar-refractivity contribution in [1.29, 1.82) is 0 Å². The van der Waals surface area contributed by atoms with Gasteiger partial charge in [0.15, 0.2) is 0 Å². The first-order valence-corrected chi connectivity index (χ1v) is 7.27. The number of rotatable bonds is 0. The Labute approximate surface area is 134 Å². The van der Waals surface area contributed by atoms with Crippen LogP contribution in [0.4, 0.5) is 11.4 Å². The second kappa shape index (κ2) is 6.52. The van der Waals surface area contributed by atoms with E-state index in [1.165, 1.54) is 0 Å². The fourth-order valence-electron chi connectivity index (χ4n) is 1.42. The van der Waals surface area contributed by atoms with Gasteiger partial charge in [0.05, 0.1) is 0 Å². The highest BCUT2D eigenvalue weighted by atomic mass is 79.9. The summed E-state index contributed by atoms with van der Waals surface area (Å²) in [6.45, 7) is 0. The highest BCUT2D eigenvalue weighted by molar-refractivity contribution is 9.11. The van der Waals surface area contributed by atoms with Crippen LogP contribution in [0, 0.1) is 23.7 Å². The van der Waals surface area contributed by atoms with Crippen LogP contribution in [0.5, 0.6) is 0 Å². The molecule has 2 aromatic carbocycles. The fraction of sp³-hybridized carbons (Fsp3) is 0. The van der Waals surface area contributed by atoms with Crippen molar-refractivity contribution in [3.63, 3.8) is 0 Å². The lowest BCUT2D eigenvalue weighted by atomic mass is 10.2. The zero-order chi connectivity index (χ0) is 14.5. The summed E-state index contributed by atoms with van der Waals surface area (Å²) < 4.78 is 1.67. The Kier molecular flexibility index (Phi) is 4.74. The molecule has 4 heteroatoms. The molecule has 2 aromatic rings. The summed E-state index contributed by atoms with van der Waals surface area (Å²) in [5.41, 5.74) is 14.5. The Morgan fingerprint density at radius 2 is 1.10 bits per heavy atom. The first-order chi connectivity index (χ1) is 9.56. The van der Waals surface area contributed by atoms with Crippen molar-refractivity contribution in [2.24, 2.45) is 0 Å². The fourth-order valence-corrected chi connectivity index (χ4v) is 2.17. The third-order valence-corrected chi connectivity index (χ3v) is 3.85. The summed E-state index contributed by atoms with van der Waals surface area (Å²) in [6.07, 6.45) is 0. The van der Waals surface area contributed by atoms with Crippen LogP contribution < -0.4 is 11.5 Å². The van der Waals surface area contributed by atoms with Gasteiger partial charge in [-0.1, -0.05) is 11.8 Å². The number of anilines is 2. The summed E-state index contributed by atoms with van der Waals surface area (Å²) in [6, 6.07) is 11.0. The van der Waals surface area contributed by atoms with E-state index >= 15 is 0 Å². The molecular formula is C16H10Br2N2. The van der Waals surface area contributed by atoms with E-state index in [1.807, 2.05) is 24.3 Å². The van der Waals surface area contributed by atoms with Crippen molar-refractivity contribution in [1.82, 2.24) is 0 Å². The predicted molar refractivity (Wildman–Crippen MR) is 90.9 cm³/mol. The third-order valence-electron chi connectivity index (χ3n) is 2.48. The van der Waals surface area contributed by atoms with Gasteiger partial charge in [0.25, 0.3) is 0 Å². The number of nitrogen functional groups attached to an aromatic ring is 2. The zero-order valence-electron chi connectivity index (χ0n) is 10.4. The number of halogens is 2. The van der Waals surface area contributed by atoms with E-state index in [0.717, 1.165) is 20.1 Å². The quantitative estimate of drug-likeness (QED) is 0.532. The zero-order valence-corrected chi connectivity index (χ0v) is 13.5. The molecule has 0 bridgehead atoms. The van der Waals surface area contributed by atoms with Gasteiger partial charge in [0.1, 0.15) is 0 Å². The first-order valence-electron chi connectivity index (χ1n) is 5.68. The minimum Gasteiger partial charge on any atom is -0.398 e. The number of hydrogen-bond acceptors (Lipinski definition) is 2. The molecule has 0 radical (unpaired) electrons. The van der Waals surface area contributed by atoms with Crippen molar-refractivity contribution in [3.05, 3.63) is 56.5 Å². The highest BCUT2D eigenvalue weighted by Gasteiger charge is 1.95. The summed E-state index contributed by atoms with van der Waals surface area (Å²) in [7, 11) is 0. The average molecular weight is 390 g/mol. The van der Waals surface area contributed by atoms with E-state index < -0.39 is 0 Å². The molecule has 0 saturated heterocycles. The maximum Gasteiger partial charge on any atom is 0.0459 e. The number of benzene rings is 2. The van der Waals surface area contributed by atoms with Gasteiger partial charge in [-0.2, -0.15) is 0 Å². The second-order valence-electron chi connectivity index (χ2n) is 3.97. The summed E-state index contributed by atoms with van der Waals surface area (Å²) in [5.74, 6) is 11.5. The molecule has 0 heterocycles. The molecule has 2 nitrogen and oxygen atoms in total. The van der Waals surface area contributed by atoms with Crippen molar-refractivity contribution in [2.75, 3.05) is 11.5 Å². The SMILES string of the molecule is Nc1ccc(C#CC#Cc2ccc(N)c(Br)c2)cc1Br. The Morgan fingerprint density at radius 3 is 1.45 bits per heavy atom. The largest absolute Gasteiger partial charge is 0.398 e. The molecule has 0 aliphatic rings. The average Bonchev–Trinajstić information content (AvgIpc) is 2.42. The van der Waals surface area contributed by atoms with Crippen molar-refractivity contribution >= 4 is 43.2 Å². The van der Waals surface area contributed by atoms with Crippen LogP contribution >= 0.6 is 31.9 Å². The molecule has 0 atom stereocenters. The van der Waals surface area contributed by atoms with E-state index in [4.69, 9.17) is 11.5 Å². The van der Waals surface area contributed by atoms with E-state index in [1.54, 1.807) is 12.1 Å². The van der Waals surface area contributed by atoms with Crippen molar-refractivity contribution < 1.29 is 0 Å². The minimum atomic E-state index is 0.688. The van der Waals surface area contributed by atoms with Crippen LogP contribution in [-0.2, 0) is 0 Å². The van der Waals surface area contributed by atoms with Crippen LogP contribution in [0.2, 0.25) is 0 Å². The molecule has 0 aliphatic heterocycles. The minimum absolute atomic E-state index is 0.688. The highest BCUT2D eigenvalue weighted by Crippen LogP contribution is 2.20. The molecular weight excluding hydrogens is 380 g/mol. The van der Waals surface area contributed by atoms with E-state index in [2.05, 4.69) is 55.5 Å². The second-order valence-corrected chi connectivity index (χ2v) is 5.68. The lowest BCUT2D eigenvalue weighted by Crippen LogP contribution is -1.86. The Balaban J connectivity index is 2.17. The van der Waals surface area contributed by atoms with Crippen molar-refractivity contribution in [2.45, 2.75) is 0 Å². The van der Waals surface area contributed by atoms with Crippen LogP contribution in [0.15, 0.2) is 45.3 Å². The molecule has 2 rings (SSSR count). The standard InChI is InChI=1S/C16H10Br2N2/c17-13-9-11(5-7-15(13)19)3-1-2-4-12-6-8-16(20)14(18)10-12/h5-10H,19-20H2. The van der Waals surface area contributed by atoms with Crippen LogP contribution in [-0.4, -0.2) is 0 Å². The van der Waals surface area contributed by atoms with Gasteiger partial charge >= 0.3 is 0 Å². The van der Waals surface area contributed by atoms with E-state index in [9.17, 15) is 0 Å². The normalized spacial score (nSPS) is 9.10. The first kappa shape index (κ1) is 14.5. The molecule has 0 aliphatic carbocycles. The molecule has 0 saturated carbocycles. The van der Waals surface area contributed by atoms with Gasteiger partial charge in [-0.25, -0.2) is 0 Å². The third kappa shape index (κ3) is 3.81. The Bertz CT molecular complexity index is 707. The van der Waals surface area contributed by atoms with E-state index in [0.29, 0.717) is 11.4 Å². The summed E-state index contributed by atoms with van der Waals surface area (Å²) in [4.78, 5) is 0. The molecule has 0 spiro atoms. The lowest BCUT2D eigenvalue weighted by molar-refractivity contribution is 1.59. The molecule has 0 fully saturated rings. The molecule has 0 aromatic heterocycles. The molecule has 4 N–H and O–H groups in total. The monoisotopic (exact) mass is 388 g/mol. The Morgan fingerprint density at radius 1 is 0.700 bits per heavy atom. The van der Waals surface area contributed by atoms with E-state index in [-0.39, 0.29) is 0 Å². The lowest BCUT2D eigenvalue weighted by Gasteiger charge is -1.97. The topological polar surface area (TPSA) is 52.0 Å². The number of hydrogen-bond donors (Lipinski definition) is 2. The van der Waals surface area contributed by atoms with Crippen LogP contribution in [0.3, 0.4) is 0 Å². The van der Waals surface area contributed by atoms with Gasteiger partial charge in [-0.15, -0.1) is 0 Å². The van der Waals surface area contributed by atoms with Gasteiger partial charge in [0.2, 0.25) is 0 Å². The molecule has 0 unspecified atom stereocenters.